The minimum atomic E-state index is -0.230. The fourth-order valence-electron chi connectivity index (χ4n) is 1.97. The van der Waals surface area contributed by atoms with E-state index in [4.69, 9.17) is 0 Å². The molecule has 0 spiro atoms. The van der Waals surface area contributed by atoms with Crippen LogP contribution in [0.4, 0.5) is 0 Å². The molecule has 1 aromatic carbocycles. The number of amides is 1. The lowest BCUT2D eigenvalue weighted by atomic mass is 10.2. The number of carbonyl (C=O) groups excluding carboxylic acids is 1. The van der Waals surface area contributed by atoms with Crippen LogP contribution in [0.1, 0.15) is 11.3 Å². The first kappa shape index (κ1) is 14.9. The number of nitrogens with one attached hydrogen (secondary N) is 3. The molecule has 1 amide bonds. The van der Waals surface area contributed by atoms with E-state index in [2.05, 4.69) is 20.3 Å². The van der Waals surface area contributed by atoms with E-state index in [0.717, 1.165) is 26.6 Å². The number of imidazole rings is 1. The van der Waals surface area contributed by atoms with Crippen LogP contribution < -0.4 is 11.0 Å². The van der Waals surface area contributed by atoms with Gasteiger partial charge in [0.25, 0.3) is 0 Å². The van der Waals surface area contributed by atoms with Crippen molar-refractivity contribution < 1.29 is 4.79 Å². The Labute approximate surface area is 134 Å². The zero-order chi connectivity index (χ0) is 15.5. The number of rotatable bonds is 5. The van der Waals surface area contributed by atoms with Crippen LogP contribution in [0.15, 0.2) is 32.7 Å². The van der Waals surface area contributed by atoms with Crippen LogP contribution in [0.3, 0.4) is 0 Å². The molecule has 3 rings (SSSR count). The van der Waals surface area contributed by atoms with Crippen molar-refractivity contribution in [2.45, 2.75) is 17.8 Å². The van der Waals surface area contributed by atoms with Gasteiger partial charge < -0.3 is 15.3 Å². The van der Waals surface area contributed by atoms with Gasteiger partial charge in [-0.2, -0.15) is 0 Å². The van der Waals surface area contributed by atoms with Crippen molar-refractivity contribution in [1.82, 2.24) is 20.3 Å². The van der Waals surface area contributed by atoms with E-state index in [9.17, 15) is 9.59 Å². The Morgan fingerprint density at radius 2 is 2.18 bits per heavy atom. The number of hydrogen-bond acceptors (Lipinski definition) is 5. The predicted octanol–water partition coefficient (Wildman–Crippen LogP) is 2.03. The molecule has 0 bridgehead atoms. The summed E-state index contributed by atoms with van der Waals surface area (Å²) < 4.78 is 0.902. The average Bonchev–Trinajstić information content (AvgIpc) is 3.06. The van der Waals surface area contributed by atoms with E-state index >= 15 is 0 Å². The van der Waals surface area contributed by atoms with Crippen LogP contribution >= 0.6 is 23.1 Å². The fraction of sp³-hybridized carbons (Fsp3) is 0.214. The van der Waals surface area contributed by atoms with Gasteiger partial charge in [0.05, 0.1) is 16.8 Å². The first-order chi connectivity index (χ1) is 10.6. The number of aryl methyl sites for hydroxylation is 1. The highest BCUT2D eigenvalue weighted by atomic mass is 32.2. The molecule has 22 heavy (non-hydrogen) atoms. The molecular weight excluding hydrogens is 320 g/mol. The van der Waals surface area contributed by atoms with E-state index in [0.29, 0.717) is 12.3 Å². The molecule has 0 saturated carbocycles. The lowest BCUT2D eigenvalue weighted by Crippen LogP contribution is -2.24. The average molecular weight is 334 g/mol. The van der Waals surface area contributed by atoms with Gasteiger partial charge in [-0.1, -0.05) is 17.8 Å². The quantitative estimate of drug-likeness (QED) is 0.623. The largest absolute Gasteiger partial charge is 0.351 e. The molecule has 0 saturated heterocycles. The topological polar surface area (TPSA) is 90.6 Å². The Bertz CT molecular complexity index is 865. The number of fused-ring (bicyclic) bond motifs is 1. The summed E-state index contributed by atoms with van der Waals surface area (Å²) in [6.07, 6.45) is 0. The van der Waals surface area contributed by atoms with E-state index in [1.165, 1.54) is 11.8 Å². The molecule has 0 aliphatic carbocycles. The number of aromatic amines is 2. The van der Waals surface area contributed by atoms with Gasteiger partial charge in [-0.05, 0) is 24.6 Å². The van der Waals surface area contributed by atoms with Crippen LogP contribution in [-0.4, -0.2) is 26.6 Å². The minimum absolute atomic E-state index is 0.0412. The summed E-state index contributed by atoms with van der Waals surface area (Å²) in [5, 5.41) is 4.83. The molecular formula is C14H14N4O2S2. The van der Waals surface area contributed by atoms with E-state index in [-0.39, 0.29) is 11.6 Å². The number of thiazole rings is 1. The van der Waals surface area contributed by atoms with Gasteiger partial charge in [0.1, 0.15) is 0 Å². The van der Waals surface area contributed by atoms with E-state index < -0.39 is 0 Å². The molecule has 0 aliphatic heterocycles. The molecule has 114 valence electrons. The predicted molar refractivity (Wildman–Crippen MR) is 88.3 cm³/mol. The highest BCUT2D eigenvalue weighted by molar-refractivity contribution is 8.01. The minimum Gasteiger partial charge on any atom is -0.351 e. The maximum absolute atomic E-state index is 11.8. The summed E-state index contributed by atoms with van der Waals surface area (Å²) in [6.45, 7) is 2.36. The standard InChI is InChI=1S/C14H14N4O2S2/c1-8-6-21-14(16-8)22-7-12(19)15-5-9-2-3-10-11(4-9)18-13(20)17-10/h2-4,6H,5,7H2,1H3,(H,15,19)(H2,17,18,20). The van der Waals surface area contributed by atoms with Crippen molar-refractivity contribution in [2.24, 2.45) is 0 Å². The number of nitrogens with zero attached hydrogens (tertiary/aromatic N) is 1. The van der Waals surface area contributed by atoms with Crippen molar-refractivity contribution in [1.29, 1.82) is 0 Å². The molecule has 2 heterocycles. The smallest absolute Gasteiger partial charge is 0.323 e. The summed E-state index contributed by atoms with van der Waals surface area (Å²) >= 11 is 2.98. The molecule has 0 radical (unpaired) electrons. The summed E-state index contributed by atoms with van der Waals surface area (Å²) in [5.41, 5.74) is 3.18. The van der Waals surface area contributed by atoms with Crippen LogP contribution in [0.2, 0.25) is 0 Å². The maximum atomic E-state index is 11.8. The number of thioether (sulfide) groups is 1. The summed E-state index contributed by atoms with van der Waals surface area (Å²) in [6, 6.07) is 5.55. The third kappa shape index (κ3) is 3.58. The molecule has 0 atom stereocenters. The molecule has 3 N–H and O–H groups in total. The summed E-state index contributed by atoms with van der Waals surface area (Å²) in [4.78, 5) is 32.7. The Morgan fingerprint density at radius 3 is 2.95 bits per heavy atom. The first-order valence-corrected chi connectivity index (χ1v) is 8.49. The van der Waals surface area contributed by atoms with Crippen molar-refractivity contribution in [3.8, 4) is 0 Å². The first-order valence-electron chi connectivity index (χ1n) is 6.63. The second kappa shape index (κ2) is 6.37. The SMILES string of the molecule is Cc1csc(SCC(=O)NCc2ccc3[nH]c(=O)[nH]c3c2)n1. The fourth-order valence-corrected chi connectivity index (χ4v) is 3.65. The Balaban J connectivity index is 1.54. The Kier molecular flexibility index (Phi) is 4.30. The van der Waals surface area contributed by atoms with Crippen LogP contribution in [-0.2, 0) is 11.3 Å². The number of carbonyl (C=O) groups is 1. The van der Waals surface area contributed by atoms with Crippen LogP contribution in [0.5, 0.6) is 0 Å². The number of benzene rings is 1. The highest BCUT2D eigenvalue weighted by Gasteiger charge is 2.06. The highest BCUT2D eigenvalue weighted by Crippen LogP contribution is 2.21. The Hall–Kier alpha value is -2.06. The van der Waals surface area contributed by atoms with Crippen LogP contribution in [0, 0.1) is 6.92 Å². The third-order valence-corrected chi connectivity index (χ3v) is 5.13. The normalized spacial score (nSPS) is 11.0. The van der Waals surface area contributed by atoms with Crippen molar-refractivity contribution >= 4 is 40.0 Å². The van der Waals surface area contributed by atoms with E-state index in [1.807, 2.05) is 30.5 Å². The molecule has 2 aromatic heterocycles. The molecule has 6 nitrogen and oxygen atoms in total. The van der Waals surface area contributed by atoms with Gasteiger partial charge in [0.2, 0.25) is 5.91 Å². The van der Waals surface area contributed by atoms with Gasteiger partial charge >= 0.3 is 5.69 Å². The van der Waals surface area contributed by atoms with Crippen molar-refractivity contribution in [3.63, 3.8) is 0 Å². The number of hydrogen-bond donors (Lipinski definition) is 3. The Morgan fingerprint density at radius 1 is 1.36 bits per heavy atom. The lowest BCUT2D eigenvalue weighted by Gasteiger charge is -2.04. The molecule has 3 aromatic rings. The maximum Gasteiger partial charge on any atom is 0.323 e. The van der Waals surface area contributed by atoms with Gasteiger partial charge in [-0.3, -0.25) is 4.79 Å². The third-order valence-electron chi connectivity index (χ3n) is 2.99. The van der Waals surface area contributed by atoms with Gasteiger partial charge in [0, 0.05) is 17.6 Å². The molecule has 0 fully saturated rings. The van der Waals surface area contributed by atoms with Crippen LogP contribution in [0.25, 0.3) is 11.0 Å². The number of H-pyrrole nitrogens is 2. The summed E-state index contributed by atoms with van der Waals surface area (Å²) in [5.74, 6) is 0.302. The van der Waals surface area contributed by atoms with Crippen molar-refractivity contribution in [3.05, 3.63) is 45.3 Å². The summed E-state index contributed by atoms with van der Waals surface area (Å²) in [7, 11) is 0. The number of aromatic nitrogens is 3. The van der Waals surface area contributed by atoms with Gasteiger partial charge in [-0.25, -0.2) is 9.78 Å². The second-order valence-corrected chi connectivity index (χ2v) is 6.86. The van der Waals surface area contributed by atoms with Gasteiger partial charge in [-0.15, -0.1) is 11.3 Å². The monoisotopic (exact) mass is 334 g/mol. The van der Waals surface area contributed by atoms with Crippen molar-refractivity contribution in [2.75, 3.05) is 5.75 Å². The zero-order valence-corrected chi connectivity index (χ0v) is 13.4. The molecule has 0 aliphatic rings. The van der Waals surface area contributed by atoms with E-state index in [1.54, 1.807) is 11.3 Å². The zero-order valence-electron chi connectivity index (χ0n) is 11.8. The second-order valence-electron chi connectivity index (χ2n) is 4.78. The lowest BCUT2D eigenvalue weighted by molar-refractivity contribution is -0.118. The molecule has 8 heteroatoms. The molecule has 0 unspecified atom stereocenters. The van der Waals surface area contributed by atoms with Gasteiger partial charge in [0.15, 0.2) is 4.34 Å².